The SMILES string of the molecule is CSCCN1C(=O)CCC(N2C(=O)c3cccc(N)c3C2=O)C1=O. The molecule has 1 atom stereocenters. The maximum atomic E-state index is 12.7. The van der Waals surface area contributed by atoms with E-state index in [0.29, 0.717) is 5.75 Å². The summed E-state index contributed by atoms with van der Waals surface area (Å²) in [6, 6.07) is 3.72. The number of anilines is 1. The number of benzene rings is 1. The van der Waals surface area contributed by atoms with Gasteiger partial charge in [-0.15, -0.1) is 0 Å². The van der Waals surface area contributed by atoms with E-state index >= 15 is 0 Å². The van der Waals surface area contributed by atoms with Crippen molar-refractivity contribution in [3.8, 4) is 0 Å². The minimum Gasteiger partial charge on any atom is -0.398 e. The standard InChI is InChI=1S/C16H17N3O4S/c1-24-8-7-18-12(20)6-5-11(15(18)22)19-14(21)9-3-2-4-10(17)13(9)16(19)23/h2-4,11H,5-8,17H2,1H3. The first kappa shape index (κ1) is 16.5. The molecule has 2 N–H and O–H groups in total. The van der Waals surface area contributed by atoms with Gasteiger partial charge in [0, 0.05) is 24.4 Å². The van der Waals surface area contributed by atoms with Crippen LogP contribution in [0.5, 0.6) is 0 Å². The molecule has 24 heavy (non-hydrogen) atoms. The Morgan fingerprint density at radius 3 is 2.62 bits per heavy atom. The van der Waals surface area contributed by atoms with Gasteiger partial charge in [0.25, 0.3) is 17.7 Å². The van der Waals surface area contributed by atoms with Gasteiger partial charge in [0.1, 0.15) is 6.04 Å². The third-order valence-corrected chi connectivity index (χ3v) is 4.88. The van der Waals surface area contributed by atoms with E-state index in [9.17, 15) is 19.2 Å². The van der Waals surface area contributed by atoms with E-state index in [-0.39, 0.29) is 42.1 Å². The highest BCUT2D eigenvalue weighted by Gasteiger charge is 2.47. The normalized spacial score (nSPS) is 20.8. The number of rotatable bonds is 4. The monoisotopic (exact) mass is 347 g/mol. The average Bonchev–Trinajstić information content (AvgIpc) is 2.81. The van der Waals surface area contributed by atoms with Crippen molar-refractivity contribution in [2.24, 2.45) is 0 Å². The molecule has 1 aromatic rings. The molecule has 2 heterocycles. The van der Waals surface area contributed by atoms with Crippen LogP contribution in [-0.2, 0) is 9.59 Å². The largest absolute Gasteiger partial charge is 0.398 e. The lowest BCUT2D eigenvalue weighted by Gasteiger charge is -2.34. The second-order valence-corrected chi connectivity index (χ2v) is 6.67. The Bertz CT molecular complexity index is 749. The summed E-state index contributed by atoms with van der Waals surface area (Å²) >= 11 is 1.52. The number of carbonyl (C=O) groups excluding carboxylic acids is 4. The van der Waals surface area contributed by atoms with Crippen LogP contribution in [0.25, 0.3) is 0 Å². The second kappa shape index (κ2) is 6.27. The van der Waals surface area contributed by atoms with Gasteiger partial charge in [0.15, 0.2) is 0 Å². The average molecular weight is 347 g/mol. The number of imide groups is 2. The molecule has 126 valence electrons. The molecule has 1 saturated heterocycles. The first-order chi connectivity index (χ1) is 11.5. The zero-order chi connectivity index (χ0) is 17.4. The summed E-state index contributed by atoms with van der Waals surface area (Å²) in [5, 5.41) is 0. The number of likely N-dealkylation sites (tertiary alicyclic amines) is 1. The first-order valence-electron chi connectivity index (χ1n) is 7.57. The van der Waals surface area contributed by atoms with Crippen molar-refractivity contribution in [1.29, 1.82) is 0 Å². The highest BCUT2D eigenvalue weighted by atomic mass is 32.2. The topological polar surface area (TPSA) is 101 Å². The van der Waals surface area contributed by atoms with Crippen LogP contribution in [-0.4, -0.2) is 58.0 Å². The Morgan fingerprint density at radius 1 is 1.21 bits per heavy atom. The van der Waals surface area contributed by atoms with Gasteiger partial charge in [-0.1, -0.05) is 6.07 Å². The Balaban J connectivity index is 1.91. The number of fused-ring (bicyclic) bond motifs is 1. The molecule has 3 rings (SSSR count). The van der Waals surface area contributed by atoms with Crippen molar-refractivity contribution < 1.29 is 19.2 Å². The maximum absolute atomic E-state index is 12.7. The minimum absolute atomic E-state index is 0.133. The van der Waals surface area contributed by atoms with E-state index in [4.69, 9.17) is 5.73 Å². The number of hydrogen-bond donors (Lipinski definition) is 1. The van der Waals surface area contributed by atoms with Crippen molar-refractivity contribution in [1.82, 2.24) is 9.80 Å². The van der Waals surface area contributed by atoms with E-state index in [0.717, 1.165) is 9.80 Å². The van der Waals surface area contributed by atoms with Crippen LogP contribution in [0.3, 0.4) is 0 Å². The molecule has 0 bridgehead atoms. The van der Waals surface area contributed by atoms with Gasteiger partial charge < -0.3 is 5.73 Å². The van der Waals surface area contributed by atoms with Crippen LogP contribution < -0.4 is 5.73 Å². The van der Waals surface area contributed by atoms with Crippen molar-refractivity contribution >= 4 is 41.1 Å². The Labute approximate surface area is 143 Å². The van der Waals surface area contributed by atoms with Gasteiger partial charge in [0.2, 0.25) is 5.91 Å². The summed E-state index contributed by atoms with van der Waals surface area (Å²) in [7, 11) is 0. The lowest BCUT2D eigenvalue weighted by Crippen LogP contribution is -2.56. The van der Waals surface area contributed by atoms with E-state index in [1.807, 2.05) is 6.26 Å². The zero-order valence-corrected chi connectivity index (χ0v) is 14.0. The van der Waals surface area contributed by atoms with Gasteiger partial charge >= 0.3 is 0 Å². The van der Waals surface area contributed by atoms with Gasteiger partial charge in [-0.2, -0.15) is 11.8 Å². The molecule has 0 saturated carbocycles. The molecule has 0 radical (unpaired) electrons. The fraction of sp³-hybridized carbons (Fsp3) is 0.375. The van der Waals surface area contributed by atoms with Crippen LogP contribution in [0.15, 0.2) is 18.2 Å². The predicted octanol–water partition coefficient (Wildman–Crippen LogP) is 0.745. The summed E-state index contributed by atoms with van der Waals surface area (Å²) in [5.41, 5.74) is 6.38. The summed E-state index contributed by atoms with van der Waals surface area (Å²) in [4.78, 5) is 52.0. The van der Waals surface area contributed by atoms with Crippen molar-refractivity contribution in [2.45, 2.75) is 18.9 Å². The molecule has 0 aliphatic carbocycles. The van der Waals surface area contributed by atoms with Crippen LogP contribution >= 0.6 is 11.8 Å². The molecule has 0 aromatic heterocycles. The van der Waals surface area contributed by atoms with E-state index in [1.54, 1.807) is 12.1 Å². The van der Waals surface area contributed by atoms with Crippen LogP contribution in [0, 0.1) is 0 Å². The molecular weight excluding hydrogens is 330 g/mol. The highest BCUT2D eigenvalue weighted by molar-refractivity contribution is 7.98. The Hall–Kier alpha value is -2.35. The van der Waals surface area contributed by atoms with Crippen LogP contribution in [0.4, 0.5) is 5.69 Å². The Morgan fingerprint density at radius 2 is 1.96 bits per heavy atom. The fourth-order valence-corrected chi connectivity index (χ4v) is 3.46. The van der Waals surface area contributed by atoms with Crippen LogP contribution in [0.2, 0.25) is 0 Å². The van der Waals surface area contributed by atoms with Crippen molar-refractivity contribution in [2.75, 3.05) is 24.3 Å². The van der Waals surface area contributed by atoms with Gasteiger partial charge in [0.05, 0.1) is 11.1 Å². The third kappa shape index (κ3) is 2.47. The van der Waals surface area contributed by atoms with E-state index < -0.39 is 23.8 Å². The molecule has 4 amide bonds. The molecule has 2 aliphatic rings. The molecule has 1 unspecified atom stereocenters. The van der Waals surface area contributed by atoms with Gasteiger partial charge in [-0.05, 0) is 24.8 Å². The molecule has 1 fully saturated rings. The van der Waals surface area contributed by atoms with Crippen molar-refractivity contribution in [3.05, 3.63) is 29.3 Å². The maximum Gasteiger partial charge on any atom is 0.264 e. The summed E-state index contributed by atoms with van der Waals surface area (Å²) in [6.07, 6.45) is 2.16. The van der Waals surface area contributed by atoms with E-state index in [2.05, 4.69) is 0 Å². The molecule has 1 aromatic carbocycles. The molecular formula is C16H17N3O4S. The quantitative estimate of drug-likeness (QED) is 0.637. The minimum atomic E-state index is -0.948. The lowest BCUT2D eigenvalue weighted by molar-refractivity contribution is -0.151. The van der Waals surface area contributed by atoms with Gasteiger partial charge in [-0.25, -0.2) is 0 Å². The second-order valence-electron chi connectivity index (χ2n) is 5.68. The number of piperidine rings is 1. The van der Waals surface area contributed by atoms with E-state index in [1.165, 1.54) is 17.8 Å². The number of hydrogen-bond acceptors (Lipinski definition) is 6. The predicted molar refractivity (Wildman–Crippen MR) is 89.5 cm³/mol. The number of amides is 4. The molecule has 7 nitrogen and oxygen atoms in total. The fourth-order valence-electron chi connectivity index (χ4n) is 3.09. The number of carbonyl (C=O) groups is 4. The summed E-state index contributed by atoms with van der Waals surface area (Å²) in [5.74, 6) is -1.24. The number of nitrogen functional groups attached to an aromatic ring is 1. The zero-order valence-electron chi connectivity index (χ0n) is 13.2. The molecule has 0 spiro atoms. The number of thioether (sulfide) groups is 1. The smallest absolute Gasteiger partial charge is 0.264 e. The summed E-state index contributed by atoms with van der Waals surface area (Å²) in [6.45, 7) is 0.278. The van der Waals surface area contributed by atoms with Crippen LogP contribution in [0.1, 0.15) is 33.6 Å². The molecule has 2 aliphatic heterocycles. The Kier molecular flexibility index (Phi) is 4.31. The molecule has 8 heteroatoms. The van der Waals surface area contributed by atoms with Gasteiger partial charge in [-0.3, -0.25) is 29.0 Å². The number of nitrogens with zero attached hydrogens (tertiary/aromatic N) is 2. The third-order valence-electron chi connectivity index (χ3n) is 4.29. The summed E-state index contributed by atoms with van der Waals surface area (Å²) < 4.78 is 0. The van der Waals surface area contributed by atoms with Crippen molar-refractivity contribution in [3.63, 3.8) is 0 Å². The first-order valence-corrected chi connectivity index (χ1v) is 8.96. The lowest BCUT2D eigenvalue weighted by atomic mass is 10.0. The number of nitrogens with two attached hydrogens (primary N) is 1. The highest BCUT2D eigenvalue weighted by Crippen LogP contribution is 2.32.